The lowest BCUT2D eigenvalue weighted by Gasteiger charge is -2.19. The summed E-state index contributed by atoms with van der Waals surface area (Å²) in [5.41, 5.74) is 0.783. The van der Waals surface area contributed by atoms with E-state index >= 15 is 0 Å². The van der Waals surface area contributed by atoms with Crippen molar-refractivity contribution in [3.63, 3.8) is 0 Å². The Morgan fingerprint density at radius 1 is 1.00 bits per heavy atom. The molecule has 2 amide bonds. The van der Waals surface area contributed by atoms with Gasteiger partial charge in [-0.2, -0.15) is 5.26 Å². The van der Waals surface area contributed by atoms with Gasteiger partial charge in [0.05, 0.1) is 11.6 Å². The van der Waals surface area contributed by atoms with E-state index < -0.39 is 41.9 Å². The molecular weight excluding hydrogens is 480 g/mol. The van der Waals surface area contributed by atoms with Crippen LogP contribution in [0.2, 0.25) is 5.02 Å². The Kier molecular flexibility index (Phi) is 8.12. The summed E-state index contributed by atoms with van der Waals surface area (Å²) in [6.45, 7) is -0.351. The van der Waals surface area contributed by atoms with Crippen molar-refractivity contribution in [2.75, 3.05) is 6.54 Å². The minimum Gasteiger partial charge on any atom is -0.478 e. The number of nitriles is 1. The molecule has 1 atom stereocenters. The van der Waals surface area contributed by atoms with E-state index in [-0.39, 0.29) is 23.2 Å². The minimum absolute atomic E-state index is 0.0396. The first-order chi connectivity index (χ1) is 16.7. The van der Waals surface area contributed by atoms with E-state index in [0.29, 0.717) is 16.1 Å². The van der Waals surface area contributed by atoms with Gasteiger partial charge in [0.1, 0.15) is 24.2 Å². The summed E-state index contributed by atoms with van der Waals surface area (Å²) < 4.78 is 28.2. The largest absolute Gasteiger partial charge is 0.478 e. The molecule has 0 radical (unpaired) electrons. The molecule has 3 aromatic rings. The molecule has 7 nitrogen and oxygen atoms in total. The van der Waals surface area contributed by atoms with Gasteiger partial charge in [0.25, 0.3) is 5.91 Å². The maximum absolute atomic E-state index is 14.1. The van der Waals surface area contributed by atoms with E-state index in [2.05, 4.69) is 10.6 Å². The Morgan fingerprint density at radius 3 is 2.23 bits per heavy atom. The average molecular weight is 498 g/mol. The Morgan fingerprint density at radius 2 is 1.63 bits per heavy atom. The quantitative estimate of drug-likeness (QED) is 0.407. The number of hydrogen-bond acceptors (Lipinski definition) is 4. The van der Waals surface area contributed by atoms with Crippen LogP contribution in [-0.4, -0.2) is 35.5 Å². The van der Waals surface area contributed by atoms with Crippen molar-refractivity contribution < 1.29 is 28.3 Å². The summed E-state index contributed by atoms with van der Waals surface area (Å²) in [7, 11) is 0. The highest BCUT2D eigenvalue weighted by molar-refractivity contribution is 6.33. The molecule has 35 heavy (non-hydrogen) atoms. The van der Waals surface area contributed by atoms with Crippen LogP contribution in [0.5, 0.6) is 0 Å². The third-order valence-corrected chi connectivity index (χ3v) is 5.43. The lowest BCUT2D eigenvalue weighted by Crippen LogP contribution is -2.48. The normalized spacial score (nSPS) is 11.3. The first-order valence-electron chi connectivity index (χ1n) is 10.2. The maximum atomic E-state index is 14.1. The number of nitrogens with zero attached hydrogens (tertiary/aromatic N) is 1. The van der Waals surface area contributed by atoms with Crippen LogP contribution in [0, 0.1) is 23.0 Å². The number of hydrogen-bond donors (Lipinski definition) is 3. The third-order valence-electron chi connectivity index (χ3n) is 5.10. The summed E-state index contributed by atoms with van der Waals surface area (Å²) in [6, 6.07) is 13.8. The highest BCUT2D eigenvalue weighted by Gasteiger charge is 2.25. The predicted molar refractivity (Wildman–Crippen MR) is 124 cm³/mol. The smallest absolute Gasteiger partial charge is 0.335 e. The van der Waals surface area contributed by atoms with Crippen LogP contribution in [0.1, 0.15) is 26.3 Å². The molecule has 3 aromatic carbocycles. The van der Waals surface area contributed by atoms with Crippen molar-refractivity contribution in [1.29, 1.82) is 5.26 Å². The number of carbonyl (C=O) groups is 3. The zero-order valence-electron chi connectivity index (χ0n) is 18.0. The third kappa shape index (κ3) is 6.19. The van der Waals surface area contributed by atoms with Crippen LogP contribution < -0.4 is 10.6 Å². The zero-order chi connectivity index (χ0) is 25.5. The van der Waals surface area contributed by atoms with Crippen LogP contribution in [-0.2, 0) is 11.2 Å². The van der Waals surface area contributed by atoms with E-state index in [0.717, 1.165) is 12.1 Å². The van der Waals surface area contributed by atoms with Crippen LogP contribution >= 0.6 is 11.6 Å². The number of carboxylic acids is 1. The second kappa shape index (κ2) is 11.2. The molecule has 0 spiro atoms. The number of carbonyl (C=O) groups excluding carboxylic acids is 2. The number of carboxylic acid groups (broad SMARTS) is 1. The topological polar surface area (TPSA) is 119 Å². The van der Waals surface area contributed by atoms with Crippen molar-refractivity contribution in [2.24, 2.45) is 0 Å². The lowest BCUT2D eigenvalue weighted by atomic mass is 10.0. The second-order valence-electron chi connectivity index (χ2n) is 7.38. The molecule has 0 saturated heterocycles. The van der Waals surface area contributed by atoms with Gasteiger partial charge in [-0.05, 0) is 48.0 Å². The molecule has 0 aromatic heterocycles. The zero-order valence-corrected chi connectivity index (χ0v) is 18.8. The van der Waals surface area contributed by atoms with E-state index in [9.17, 15) is 28.3 Å². The number of benzene rings is 3. The average Bonchev–Trinajstić information content (AvgIpc) is 2.84. The van der Waals surface area contributed by atoms with Crippen molar-refractivity contribution >= 4 is 29.4 Å². The first-order valence-corrected chi connectivity index (χ1v) is 10.6. The van der Waals surface area contributed by atoms with E-state index in [4.69, 9.17) is 16.9 Å². The van der Waals surface area contributed by atoms with Gasteiger partial charge in [-0.15, -0.1) is 0 Å². The molecule has 0 saturated carbocycles. The standard InChI is InChI=1S/C25H18ClF2N3O4/c26-19-9-8-16(25(34)35)12-17(19)14-4-6-15(7-5-14)23(32)31-22(24(33)30-11-10-29)13-18-20(27)2-1-3-21(18)28/h1-9,12,22H,11,13H2,(H,30,33)(H,31,32)(H,34,35)/t22-/m0/s1. The van der Waals surface area contributed by atoms with E-state index in [1.54, 1.807) is 18.2 Å². The fraction of sp³-hybridized carbons (Fsp3) is 0.120. The van der Waals surface area contributed by atoms with Crippen molar-refractivity contribution in [3.05, 3.63) is 94.0 Å². The number of amides is 2. The van der Waals surface area contributed by atoms with E-state index in [1.807, 2.05) is 0 Å². The van der Waals surface area contributed by atoms with Crippen LogP contribution in [0.4, 0.5) is 8.78 Å². The number of rotatable bonds is 8. The van der Waals surface area contributed by atoms with Gasteiger partial charge in [-0.25, -0.2) is 13.6 Å². The molecule has 0 unspecified atom stereocenters. The highest BCUT2D eigenvalue weighted by atomic mass is 35.5. The van der Waals surface area contributed by atoms with Crippen molar-refractivity contribution in [1.82, 2.24) is 10.6 Å². The van der Waals surface area contributed by atoms with Gasteiger partial charge in [0.2, 0.25) is 5.91 Å². The van der Waals surface area contributed by atoms with E-state index in [1.165, 1.54) is 36.4 Å². The fourth-order valence-corrected chi connectivity index (χ4v) is 3.54. The summed E-state index contributed by atoms with van der Waals surface area (Å²) >= 11 is 6.18. The second-order valence-corrected chi connectivity index (χ2v) is 7.79. The SMILES string of the molecule is N#CCNC(=O)[C@H](Cc1c(F)cccc1F)NC(=O)c1ccc(-c2cc(C(=O)O)ccc2Cl)cc1. The molecule has 178 valence electrons. The number of aromatic carboxylic acids is 1. The van der Waals surface area contributed by atoms with Gasteiger partial charge >= 0.3 is 5.97 Å². The molecule has 3 N–H and O–H groups in total. The molecule has 10 heteroatoms. The molecular formula is C25H18ClF2N3O4. The van der Waals surface area contributed by atoms with Crippen molar-refractivity contribution in [3.8, 4) is 17.2 Å². The fourth-order valence-electron chi connectivity index (χ4n) is 3.31. The Balaban J connectivity index is 1.83. The number of nitrogens with one attached hydrogen (secondary N) is 2. The summed E-state index contributed by atoms with van der Waals surface area (Å²) in [5, 5.41) is 22.9. The van der Waals surface area contributed by atoms with Gasteiger partial charge in [0.15, 0.2) is 0 Å². The number of halogens is 3. The van der Waals surface area contributed by atoms with Crippen molar-refractivity contribution in [2.45, 2.75) is 12.5 Å². The summed E-state index contributed by atoms with van der Waals surface area (Å²) in [4.78, 5) is 36.5. The lowest BCUT2D eigenvalue weighted by molar-refractivity contribution is -0.122. The van der Waals surface area contributed by atoms with Crippen LogP contribution in [0.15, 0.2) is 60.7 Å². The van der Waals surface area contributed by atoms with Crippen LogP contribution in [0.25, 0.3) is 11.1 Å². The molecule has 0 fully saturated rings. The molecule has 0 aliphatic heterocycles. The molecule has 0 bridgehead atoms. The Labute approximate surface area is 204 Å². The first kappa shape index (κ1) is 25.3. The minimum atomic E-state index is -1.36. The molecule has 0 aliphatic carbocycles. The highest BCUT2D eigenvalue weighted by Crippen LogP contribution is 2.29. The predicted octanol–water partition coefficient (Wildman–Crippen LogP) is 3.96. The van der Waals surface area contributed by atoms with Crippen LogP contribution in [0.3, 0.4) is 0 Å². The van der Waals surface area contributed by atoms with Gasteiger partial charge < -0.3 is 15.7 Å². The molecule has 0 aliphatic rings. The Bertz CT molecular complexity index is 1300. The van der Waals surface area contributed by atoms with Gasteiger partial charge in [-0.3, -0.25) is 9.59 Å². The monoisotopic (exact) mass is 497 g/mol. The Hall–Kier alpha value is -4.29. The maximum Gasteiger partial charge on any atom is 0.335 e. The molecule has 0 heterocycles. The molecule has 3 rings (SSSR count). The summed E-state index contributed by atoms with van der Waals surface area (Å²) in [6.07, 6.45) is -0.475. The van der Waals surface area contributed by atoms with Gasteiger partial charge in [-0.1, -0.05) is 29.8 Å². The van der Waals surface area contributed by atoms with Gasteiger partial charge in [0, 0.05) is 28.1 Å². The summed E-state index contributed by atoms with van der Waals surface area (Å²) in [5.74, 6) is -4.34.